The van der Waals surface area contributed by atoms with Crippen LogP contribution in [0.15, 0.2) is 77.1 Å². The van der Waals surface area contributed by atoms with Crippen molar-refractivity contribution in [3.05, 3.63) is 77.0 Å². The predicted molar refractivity (Wildman–Crippen MR) is 84.5 cm³/mol. The molecule has 3 aromatic rings. The molecular formula is C17H13NOS. The molecule has 0 unspecified atom stereocenters. The van der Waals surface area contributed by atoms with Crippen molar-refractivity contribution < 1.29 is 4.74 Å². The molecule has 0 aliphatic carbocycles. The fourth-order valence-corrected chi connectivity index (χ4v) is 2.35. The van der Waals surface area contributed by atoms with Crippen molar-refractivity contribution in [1.82, 2.24) is 0 Å². The first-order valence-corrected chi connectivity index (χ1v) is 7.19. The summed E-state index contributed by atoms with van der Waals surface area (Å²) in [5.74, 6) is 1.57. The topological polar surface area (TPSA) is 21.6 Å². The summed E-state index contributed by atoms with van der Waals surface area (Å²) in [7, 11) is 0. The Morgan fingerprint density at radius 3 is 2.45 bits per heavy atom. The molecular weight excluding hydrogens is 266 g/mol. The van der Waals surface area contributed by atoms with Crippen LogP contribution in [-0.2, 0) is 0 Å². The SMILES string of the molecule is C(=Nc1ccccc1Oc1ccccc1)c1cccs1. The summed E-state index contributed by atoms with van der Waals surface area (Å²) in [5, 5.41) is 2.04. The van der Waals surface area contributed by atoms with Gasteiger partial charge in [-0.2, -0.15) is 0 Å². The monoisotopic (exact) mass is 279 g/mol. The van der Waals surface area contributed by atoms with Gasteiger partial charge >= 0.3 is 0 Å². The second kappa shape index (κ2) is 6.17. The molecule has 0 saturated carbocycles. The van der Waals surface area contributed by atoms with E-state index in [4.69, 9.17) is 4.74 Å². The van der Waals surface area contributed by atoms with Crippen molar-refractivity contribution in [2.45, 2.75) is 0 Å². The fraction of sp³-hybridized carbons (Fsp3) is 0. The molecule has 3 heteroatoms. The van der Waals surface area contributed by atoms with Gasteiger partial charge in [-0.1, -0.05) is 36.4 Å². The third kappa shape index (κ3) is 3.13. The summed E-state index contributed by atoms with van der Waals surface area (Å²) >= 11 is 1.66. The number of benzene rings is 2. The molecule has 98 valence electrons. The van der Waals surface area contributed by atoms with Gasteiger partial charge in [-0.25, -0.2) is 0 Å². The molecule has 0 bridgehead atoms. The van der Waals surface area contributed by atoms with E-state index >= 15 is 0 Å². The molecule has 1 heterocycles. The van der Waals surface area contributed by atoms with Gasteiger partial charge in [0.15, 0.2) is 5.75 Å². The third-order valence-electron chi connectivity index (χ3n) is 2.71. The number of rotatable bonds is 4. The van der Waals surface area contributed by atoms with Crippen LogP contribution < -0.4 is 4.74 Å². The average Bonchev–Trinajstić information content (AvgIpc) is 3.01. The van der Waals surface area contributed by atoms with E-state index in [1.165, 1.54) is 0 Å². The largest absolute Gasteiger partial charge is 0.455 e. The molecule has 0 radical (unpaired) electrons. The summed E-state index contributed by atoms with van der Waals surface area (Å²) in [5.41, 5.74) is 0.824. The number of aliphatic imine (C=N–C) groups is 1. The highest BCUT2D eigenvalue weighted by Gasteiger charge is 2.02. The van der Waals surface area contributed by atoms with E-state index in [9.17, 15) is 0 Å². The summed E-state index contributed by atoms with van der Waals surface area (Å²) < 4.78 is 5.87. The number of thiophene rings is 1. The molecule has 3 rings (SSSR count). The number of hydrogen-bond donors (Lipinski definition) is 0. The first kappa shape index (κ1) is 12.6. The van der Waals surface area contributed by atoms with Crippen LogP contribution in [0, 0.1) is 0 Å². The van der Waals surface area contributed by atoms with E-state index in [1.54, 1.807) is 11.3 Å². The van der Waals surface area contributed by atoms with Crippen molar-refractivity contribution in [2.24, 2.45) is 4.99 Å². The van der Waals surface area contributed by atoms with Gasteiger partial charge in [-0.3, -0.25) is 4.99 Å². The Bertz CT molecular complexity index is 690. The predicted octanol–water partition coefficient (Wildman–Crippen LogP) is 5.29. The van der Waals surface area contributed by atoms with Gasteiger partial charge in [0.25, 0.3) is 0 Å². The summed E-state index contributed by atoms with van der Waals surface area (Å²) in [4.78, 5) is 5.63. The Kier molecular flexibility index (Phi) is 3.90. The standard InChI is InChI=1S/C17H13NOS/c1-2-7-14(8-3-1)19-17-11-5-4-10-16(17)18-13-15-9-6-12-20-15/h1-13H. The van der Waals surface area contributed by atoms with Crippen LogP contribution in [0.2, 0.25) is 0 Å². The number of para-hydroxylation sites is 3. The molecule has 0 amide bonds. The Morgan fingerprint density at radius 2 is 1.65 bits per heavy atom. The van der Waals surface area contributed by atoms with E-state index in [1.807, 2.05) is 78.3 Å². The molecule has 0 N–H and O–H groups in total. The molecule has 1 aromatic heterocycles. The Morgan fingerprint density at radius 1 is 0.850 bits per heavy atom. The maximum absolute atomic E-state index is 5.87. The van der Waals surface area contributed by atoms with Crippen molar-refractivity contribution in [3.63, 3.8) is 0 Å². The molecule has 2 aromatic carbocycles. The Labute approximate surface area is 122 Å². The average molecular weight is 279 g/mol. The van der Waals surface area contributed by atoms with Gasteiger partial charge in [0.2, 0.25) is 0 Å². The van der Waals surface area contributed by atoms with Crippen LogP contribution in [-0.4, -0.2) is 6.21 Å². The van der Waals surface area contributed by atoms with Crippen LogP contribution in [0.5, 0.6) is 11.5 Å². The van der Waals surface area contributed by atoms with Crippen LogP contribution in [0.4, 0.5) is 5.69 Å². The van der Waals surface area contributed by atoms with Crippen molar-refractivity contribution in [2.75, 3.05) is 0 Å². The quantitative estimate of drug-likeness (QED) is 0.594. The second-order valence-corrected chi connectivity index (χ2v) is 5.14. The Balaban J connectivity index is 1.85. The molecule has 0 spiro atoms. The van der Waals surface area contributed by atoms with E-state index in [0.29, 0.717) is 0 Å². The van der Waals surface area contributed by atoms with Gasteiger partial charge in [0.1, 0.15) is 11.4 Å². The lowest BCUT2D eigenvalue weighted by atomic mass is 10.3. The molecule has 0 aliphatic rings. The zero-order valence-electron chi connectivity index (χ0n) is 10.8. The lowest BCUT2D eigenvalue weighted by molar-refractivity contribution is 0.484. The highest BCUT2D eigenvalue weighted by Crippen LogP contribution is 2.31. The zero-order chi connectivity index (χ0) is 13.6. The van der Waals surface area contributed by atoms with Gasteiger partial charge in [-0.15, -0.1) is 11.3 Å². The highest BCUT2D eigenvalue weighted by molar-refractivity contribution is 7.11. The number of ether oxygens (including phenoxy) is 1. The number of nitrogens with zero attached hydrogens (tertiary/aromatic N) is 1. The first-order valence-electron chi connectivity index (χ1n) is 6.31. The van der Waals surface area contributed by atoms with E-state index in [-0.39, 0.29) is 0 Å². The third-order valence-corrected chi connectivity index (χ3v) is 3.52. The highest BCUT2D eigenvalue weighted by atomic mass is 32.1. The van der Waals surface area contributed by atoms with Crippen molar-refractivity contribution in [1.29, 1.82) is 0 Å². The summed E-state index contributed by atoms with van der Waals surface area (Å²) in [6.07, 6.45) is 1.86. The number of hydrogen-bond acceptors (Lipinski definition) is 3. The van der Waals surface area contributed by atoms with Gasteiger partial charge in [0.05, 0.1) is 0 Å². The molecule has 0 atom stereocenters. The molecule has 2 nitrogen and oxygen atoms in total. The van der Waals surface area contributed by atoms with Crippen LogP contribution in [0.3, 0.4) is 0 Å². The smallest absolute Gasteiger partial charge is 0.153 e. The molecule has 0 aliphatic heterocycles. The van der Waals surface area contributed by atoms with Crippen LogP contribution in [0.25, 0.3) is 0 Å². The molecule has 0 saturated heterocycles. The van der Waals surface area contributed by atoms with Crippen LogP contribution >= 0.6 is 11.3 Å². The minimum absolute atomic E-state index is 0.756. The minimum atomic E-state index is 0.756. The molecule has 0 fully saturated rings. The first-order chi connectivity index (χ1) is 9.92. The summed E-state index contributed by atoms with van der Waals surface area (Å²) in [6.45, 7) is 0. The van der Waals surface area contributed by atoms with E-state index in [0.717, 1.165) is 22.1 Å². The summed E-state index contributed by atoms with van der Waals surface area (Å²) in [6, 6.07) is 21.6. The maximum atomic E-state index is 5.87. The molecule has 20 heavy (non-hydrogen) atoms. The van der Waals surface area contributed by atoms with Crippen molar-refractivity contribution in [3.8, 4) is 11.5 Å². The van der Waals surface area contributed by atoms with Crippen molar-refractivity contribution >= 4 is 23.2 Å². The zero-order valence-corrected chi connectivity index (χ0v) is 11.6. The van der Waals surface area contributed by atoms with Crippen LogP contribution in [0.1, 0.15) is 4.88 Å². The maximum Gasteiger partial charge on any atom is 0.153 e. The minimum Gasteiger partial charge on any atom is -0.455 e. The van der Waals surface area contributed by atoms with Gasteiger partial charge in [-0.05, 0) is 35.7 Å². The van der Waals surface area contributed by atoms with Gasteiger partial charge < -0.3 is 4.74 Å². The van der Waals surface area contributed by atoms with E-state index < -0.39 is 0 Å². The fourth-order valence-electron chi connectivity index (χ4n) is 1.76. The Hall–Kier alpha value is -2.39. The normalized spacial score (nSPS) is 10.8. The lowest BCUT2D eigenvalue weighted by Gasteiger charge is -2.07. The van der Waals surface area contributed by atoms with Gasteiger partial charge in [0, 0.05) is 11.1 Å². The van der Waals surface area contributed by atoms with E-state index in [2.05, 4.69) is 4.99 Å². The lowest BCUT2D eigenvalue weighted by Crippen LogP contribution is -1.84. The second-order valence-electron chi connectivity index (χ2n) is 4.16.